The monoisotopic (exact) mass is 237 g/mol. The normalized spacial score (nSPS) is 10.4. The molecular weight excluding hydrogens is 229 g/mol. The zero-order chi connectivity index (χ0) is 11.5. The highest BCUT2D eigenvalue weighted by Crippen LogP contribution is 2.28. The van der Waals surface area contributed by atoms with Crippen LogP contribution in [0.1, 0.15) is 17.3 Å². The van der Waals surface area contributed by atoms with Crippen molar-refractivity contribution < 1.29 is 13.6 Å². The van der Waals surface area contributed by atoms with Gasteiger partial charge in [0.15, 0.2) is 5.78 Å². The van der Waals surface area contributed by atoms with Crippen molar-refractivity contribution in [1.29, 1.82) is 0 Å². The van der Waals surface area contributed by atoms with Crippen molar-refractivity contribution >= 4 is 17.5 Å². The molecule has 3 nitrogen and oxygen atoms in total. The minimum Gasteiger partial charge on any atom is -0.440 e. The number of hydrogen-bond acceptors (Lipinski definition) is 4. The van der Waals surface area contributed by atoms with E-state index in [2.05, 4.69) is 4.98 Å². The number of ketones is 1. The summed E-state index contributed by atoms with van der Waals surface area (Å²) < 4.78 is 18.5. The second-order valence-electron chi connectivity index (χ2n) is 3.10. The SMILES string of the molecule is CC(=O)c1ccc(Sc2ncco2)c(F)c1. The molecule has 0 aliphatic heterocycles. The van der Waals surface area contributed by atoms with Crippen LogP contribution in [0.15, 0.2) is 45.2 Å². The van der Waals surface area contributed by atoms with Crippen LogP contribution in [0.5, 0.6) is 0 Å². The Morgan fingerprint density at radius 3 is 2.88 bits per heavy atom. The van der Waals surface area contributed by atoms with Crippen molar-refractivity contribution in [3.63, 3.8) is 0 Å². The lowest BCUT2D eigenvalue weighted by atomic mass is 10.1. The summed E-state index contributed by atoms with van der Waals surface area (Å²) >= 11 is 1.08. The second kappa shape index (κ2) is 4.49. The minimum atomic E-state index is -0.448. The van der Waals surface area contributed by atoms with E-state index in [-0.39, 0.29) is 5.78 Å². The summed E-state index contributed by atoms with van der Waals surface area (Å²) in [5, 5.41) is 0.370. The quantitative estimate of drug-likeness (QED) is 0.769. The molecule has 2 rings (SSSR count). The molecule has 2 aromatic rings. The van der Waals surface area contributed by atoms with E-state index in [9.17, 15) is 9.18 Å². The molecule has 0 radical (unpaired) electrons. The number of aromatic nitrogens is 1. The number of nitrogens with zero attached hydrogens (tertiary/aromatic N) is 1. The smallest absolute Gasteiger partial charge is 0.260 e. The lowest BCUT2D eigenvalue weighted by molar-refractivity contribution is 0.101. The highest BCUT2D eigenvalue weighted by molar-refractivity contribution is 7.99. The summed E-state index contributed by atoms with van der Waals surface area (Å²) in [6.45, 7) is 1.40. The van der Waals surface area contributed by atoms with Crippen LogP contribution in [0.2, 0.25) is 0 Å². The summed E-state index contributed by atoms with van der Waals surface area (Å²) in [6, 6.07) is 4.34. The van der Waals surface area contributed by atoms with Gasteiger partial charge in [0.2, 0.25) is 0 Å². The molecule has 0 atom stereocenters. The Kier molecular flexibility index (Phi) is 3.05. The number of oxazole rings is 1. The third-order valence-electron chi connectivity index (χ3n) is 1.95. The van der Waals surface area contributed by atoms with Gasteiger partial charge in [-0.15, -0.1) is 0 Å². The number of hydrogen-bond donors (Lipinski definition) is 0. The Bertz CT molecular complexity index is 511. The van der Waals surface area contributed by atoms with E-state index < -0.39 is 5.82 Å². The van der Waals surface area contributed by atoms with Crippen molar-refractivity contribution in [1.82, 2.24) is 4.98 Å². The van der Waals surface area contributed by atoms with E-state index in [1.807, 2.05) is 0 Å². The number of benzene rings is 1. The molecule has 0 saturated carbocycles. The number of Topliss-reactive ketones (excluding diaryl/α,β-unsaturated/α-hetero) is 1. The van der Waals surface area contributed by atoms with Crippen LogP contribution in [0.3, 0.4) is 0 Å². The molecule has 0 aliphatic carbocycles. The van der Waals surface area contributed by atoms with E-state index in [1.54, 1.807) is 12.1 Å². The average molecular weight is 237 g/mol. The van der Waals surface area contributed by atoms with Gasteiger partial charge in [-0.2, -0.15) is 0 Å². The zero-order valence-corrected chi connectivity index (χ0v) is 9.25. The molecule has 0 aliphatic rings. The predicted molar refractivity (Wildman–Crippen MR) is 57.0 cm³/mol. The molecule has 0 amide bonds. The van der Waals surface area contributed by atoms with Gasteiger partial charge in [-0.25, -0.2) is 9.37 Å². The van der Waals surface area contributed by atoms with Gasteiger partial charge in [0.05, 0.1) is 11.1 Å². The van der Waals surface area contributed by atoms with Gasteiger partial charge < -0.3 is 4.42 Å². The molecule has 0 saturated heterocycles. The molecule has 0 spiro atoms. The van der Waals surface area contributed by atoms with Gasteiger partial charge in [0.25, 0.3) is 5.22 Å². The van der Waals surface area contributed by atoms with Crippen LogP contribution in [0.4, 0.5) is 4.39 Å². The van der Waals surface area contributed by atoms with Crippen LogP contribution >= 0.6 is 11.8 Å². The van der Waals surface area contributed by atoms with Gasteiger partial charge in [-0.05, 0) is 30.8 Å². The fraction of sp³-hybridized carbons (Fsp3) is 0.0909. The number of halogens is 1. The predicted octanol–water partition coefficient (Wildman–Crippen LogP) is 3.17. The molecule has 1 aromatic carbocycles. The van der Waals surface area contributed by atoms with E-state index in [4.69, 9.17) is 4.42 Å². The molecule has 82 valence electrons. The summed E-state index contributed by atoms with van der Waals surface area (Å²) in [4.78, 5) is 15.3. The molecule has 1 heterocycles. The summed E-state index contributed by atoms with van der Waals surface area (Å²) in [5.41, 5.74) is 0.356. The Balaban J connectivity index is 2.26. The molecule has 0 unspecified atom stereocenters. The standard InChI is InChI=1S/C11H8FNO2S/c1-7(14)8-2-3-10(9(12)6-8)16-11-13-4-5-15-11/h2-6H,1H3. The number of carbonyl (C=O) groups excluding carboxylic acids is 1. The van der Waals surface area contributed by atoms with Gasteiger partial charge in [-0.3, -0.25) is 4.79 Å². The van der Waals surface area contributed by atoms with Gasteiger partial charge >= 0.3 is 0 Å². The first kappa shape index (κ1) is 10.9. The molecule has 5 heteroatoms. The van der Waals surface area contributed by atoms with Gasteiger partial charge in [0, 0.05) is 5.56 Å². The molecule has 0 fully saturated rings. The Morgan fingerprint density at radius 1 is 1.50 bits per heavy atom. The largest absolute Gasteiger partial charge is 0.440 e. The van der Waals surface area contributed by atoms with Gasteiger partial charge in [-0.1, -0.05) is 6.07 Å². The number of rotatable bonds is 3. The van der Waals surface area contributed by atoms with Crippen molar-refractivity contribution in [2.75, 3.05) is 0 Å². The maximum Gasteiger partial charge on any atom is 0.260 e. The van der Waals surface area contributed by atoms with Crippen molar-refractivity contribution in [3.05, 3.63) is 42.0 Å². The fourth-order valence-corrected chi connectivity index (χ4v) is 1.86. The summed E-state index contributed by atoms with van der Waals surface area (Å²) in [6.07, 6.45) is 2.91. The Labute approximate surface area is 95.7 Å². The second-order valence-corrected chi connectivity index (χ2v) is 4.09. The van der Waals surface area contributed by atoms with E-state index in [0.717, 1.165) is 11.8 Å². The van der Waals surface area contributed by atoms with Crippen molar-refractivity contribution in [2.24, 2.45) is 0 Å². The highest BCUT2D eigenvalue weighted by Gasteiger charge is 2.09. The van der Waals surface area contributed by atoms with Crippen LogP contribution in [-0.4, -0.2) is 10.8 Å². The Hall–Kier alpha value is -1.62. The lowest BCUT2D eigenvalue weighted by Gasteiger charge is -2.01. The topological polar surface area (TPSA) is 43.1 Å². The molecule has 0 N–H and O–H groups in total. The average Bonchev–Trinajstić information content (AvgIpc) is 2.73. The lowest BCUT2D eigenvalue weighted by Crippen LogP contribution is -1.93. The number of carbonyl (C=O) groups is 1. The third-order valence-corrected chi connectivity index (χ3v) is 2.87. The van der Waals surface area contributed by atoms with Crippen LogP contribution < -0.4 is 0 Å². The Morgan fingerprint density at radius 2 is 2.31 bits per heavy atom. The first-order valence-corrected chi connectivity index (χ1v) is 5.36. The first-order chi connectivity index (χ1) is 7.66. The molecule has 16 heavy (non-hydrogen) atoms. The van der Waals surface area contributed by atoms with Crippen molar-refractivity contribution in [3.8, 4) is 0 Å². The fourth-order valence-electron chi connectivity index (χ4n) is 1.16. The molecule has 1 aromatic heterocycles. The molecular formula is C11H8FNO2S. The third kappa shape index (κ3) is 2.30. The summed E-state index contributed by atoms with van der Waals surface area (Å²) in [7, 11) is 0. The molecule has 0 bridgehead atoms. The minimum absolute atomic E-state index is 0.161. The van der Waals surface area contributed by atoms with Crippen molar-refractivity contribution in [2.45, 2.75) is 17.0 Å². The first-order valence-electron chi connectivity index (χ1n) is 4.54. The van der Waals surface area contributed by atoms with E-state index in [1.165, 1.54) is 25.5 Å². The van der Waals surface area contributed by atoms with E-state index in [0.29, 0.717) is 15.7 Å². The summed E-state index contributed by atoms with van der Waals surface area (Å²) in [5.74, 6) is -0.609. The van der Waals surface area contributed by atoms with Crippen LogP contribution in [-0.2, 0) is 0 Å². The van der Waals surface area contributed by atoms with Crippen LogP contribution in [0.25, 0.3) is 0 Å². The van der Waals surface area contributed by atoms with Crippen LogP contribution in [0, 0.1) is 5.82 Å². The maximum absolute atomic E-state index is 13.6. The van der Waals surface area contributed by atoms with Gasteiger partial charge in [0.1, 0.15) is 12.1 Å². The van der Waals surface area contributed by atoms with E-state index >= 15 is 0 Å². The zero-order valence-electron chi connectivity index (χ0n) is 8.44. The maximum atomic E-state index is 13.6. The highest BCUT2D eigenvalue weighted by atomic mass is 32.2.